The van der Waals surface area contributed by atoms with Crippen molar-refractivity contribution in [3.05, 3.63) is 28.8 Å². The number of hydrogen-bond donors (Lipinski definition) is 1. The maximum absolute atomic E-state index is 10.6. The average Bonchev–Trinajstić information content (AvgIpc) is 2.47. The zero-order valence-corrected chi connectivity index (χ0v) is 8.12. The first kappa shape index (κ1) is 9.34. The number of fused-ring (bicyclic) bond motifs is 1. The molecule has 4 heteroatoms. The van der Waals surface area contributed by atoms with Crippen LogP contribution in [0.2, 0.25) is 5.02 Å². The lowest BCUT2D eigenvalue weighted by Crippen LogP contribution is -2.07. The number of carboxylic acids is 1. The highest BCUT2D eigenvalue weighted by atomic mass is 35.5. The molecule has 1 unspecified atom stereocenters. The summed E-state index contributed by atoms with van der Waals surface area (Å²) >= 11 is 5.78. The lowest BCUT2D eigenvalue weighted by atomic mass is 9.98. The van der Waals surface area contributed by atoms with E-state index in [4.69, 9.17) is 21.4 Å². The Balaban J connectivity index is 2.26. The first-order chi connectivity index (χ1) is 6.66. The molecule has 14 heavy (non-hydrogen) atoms. The molecule has 1 aliphatic rings. The minimum absolute atomic E-state index is 0.0419. The first-order valence-electron chi connectivity index (χ1n) is 4.31. The summed E-state index contributed by atoms with van der Waals surface area (Å²) in [7, 11) is 0. The predicted molar refractivity (Wildman–Crippen MR) is 51.9 cm³/mol. The number of carbonyl (C=O) groups is 1. The van der Waals surface area contributed by atoms with Gasteiger partial charge in [-0.05, 0) is 12.1 Å². The lowest BCUT2D eigenvalue weighted by Gasteiger charge is -2.03. The van der Waals surface area contributed by atoms with Gasteiger partial charge in [0, 0.05) is 16.5 Å². The van der Waals surface area contributed by atoms with Crippen LogP contribution in [0.15, 0.2) is 18.2 Å². The van der Waals surface area contributed by atoms with E-state index in [2.05, 4.69) is 0 Å². The second-order valence-corrected chi connectivity index (χ2v) is 3.72. The van der Waals surface area contributed by atoms with E-state index in [1.807, 2.05) is 6.07 Å². The molecule has 0 bridgehead atoms. The molecule has 0 amide bonds. The third kappa shape index (κ3) is 1.68. The van der Waals surface area contributed by atoms with Gasteiger partial charge in [-0.15, -0.1) is 0 Å². The number of rotatable bonds is 2. The molecule has 1 heterocycles. The monoisotopic (exact) mass is 212 g/mol. The summed E-state index contributed by atoms with van der Waals surface area (Å²) in [6, 6.07) is 5.31. The Morgan fingerprint density at radius 2 is 2.43 bits per heavy atom. The van der Waals surface area contributed by atoms with E-state index in [-0.39, 0.29) is 12.3 Å². The van der Waals surface area contributed by atoms with Crippen molar-refractivity contribution in [2.75, 3.05) is 6.61 Å². The fraction of sp³-hybridized carbons (Fsp3) is 0.300. The van der Waals surface area contributed by atoms with E-state index in [1.165, 1.54) is 0 Å². The van der Waals surface area contributed by atoms with Crippen molar-refractivity contribution in [2.24, 2.45) is 0 Å². The van der Waals surface area contributed by atoms with Crippen molar-refractivity contribution in [2.45, 2.75) is 12.3 Å². The van der Waals surface area contributed by atoms with Gasteiger partial charge in [0.2, 0.25) is 0 Å². The fourth-order valence-corrected chi connectivity index (χ4v) is 1.79. The maximum Gasteiger partial charge on any atom is 0.304 e. The molecule has 1 atom stereocenters. The number of benzene rings is 1. The molecule has 74 valence electrons. The quantitative estimate of drug-likeness (QED) is 0.818. The smallest absolute Gasteiger partial charge is 0.304 e. The summed E-state index contributed by atoms with van der Waals surface area (Å²) in [6.07, 6.45) is 0.106. The Labute approximate surface area is 86.3 Å². The van der Waals surface area contributed by atoms with Crippen LogP contribution in [0.3, 0.4) is 0 Å². The van der Waals surface area contributed by atoms with E-state index >= 15 is 0 Å². The molecule has 0 saturated heterocycles. The van der Waals surface area contributed by atoms with Gasteiger partial charge in [-0.1, -0.05) is 17.7 Å². The van der Waals surface area contributed by atoms with Gasteiger partial charge in [0.1, 0.15) is 5.75 Å². The van der Waals surface area contributed by atoms with Crippen LogP contribution >= 0.6 is 11.6 Å². The van der Waals surface area contributed by atoms with Crippen LogP contribution in [0, 0.1) is 0 Å². The van der Waals surface area contributed by atoms with Gasteiger partial charge in [0.25, 0.3) is 0 Å². The van der Waals surface area contributed by atoms with Crippen molar-refractivity contribution in [1.29, 1.82) is 0 Å². The van der Waals surface area contributed by atoms with Crippen LogP contribution in [-0.4, -0.2) is 17.7 Å². The number of ether oxygens (including phenoxy) is 1. The molecule has 1 aromatic carbocycles. The summed E-state index contributed by atoms with van der Waals surface area (Å²) < 4.78 is 5.34. The second kappa shape index (κ2) is 3.50. The topological polar surface area (TPSA) is 46.5 Å². The highest BCUT2D eigenvalue weighted by molar-refractivity contribution is 6.30. The zero-order chi connectivity index (χ0) is 10.1. The molecule has 0 aromatic heterocycles. The predicted octanol–water partition coefficient (Wildman–Crippen LogP) is 2.29. The Morgan fingerprint density at radius 3 is 3.14 bits per heavy atom. The SMILES string of the molecule is O=C(O)CC1COc2cc(Cl)ccc21. The molecule has 0 fully saturated rings. The van der Waals surface area contributed by atoms with E-state index in [9.17, 15) is 4.79 Å². The number of aliphatic carboxylic acids is 1. The average molecular weight is 213 g/mol. The Kier molecular flexibility index (Phi) is 2.33. The van der Waals surface area contributed by atoms with Crippen molar-refractivity contribution in [3.63, 3.8) is 0 Å². The Bertz CT molecular complexity index is 376. The van der Waals surface area contributed by atoms with E-state index < -0.39 is 5.97 Å². The maximum atomic E-state index is 10.6. The minimum Gasteiger partial charge on any atom is -0.493 e. The molecule has 0 radical (unpaired) electrons. The molecule has 0 spiro atoms. The van der Waals surface area contributed by atoms with E-state index in [0.29, 0.717) is 17.4 Å². The summed E-state index contributed by atoms with van der Waals surface area (Å²) in [5, 5.41) is 9.28. The van der Waals surface area contributed by atoms with Crippen LogP contribution in [0.25, 0.3) is 0 Å². The standard InChI is InChI=1S/C10H9ClO3/c11-7-1-2-8-6(3-10(12)13)5-14-9(8)4-7/h1-2,4,6H,3,5H2,(H,12,13). The third-order valence-corrected chi connectivity index (χ3v) is 2.51. The normalized spacial score (nSPS) is 18.8. The van der Waals surface area contributed by atoms with Gasteiger partial charge in [-0.2, -0.15) is 0 Å². The molecule has 0 aliphatic carbocycles. The number of carboxylic acid groups (broad SMARTS) is 1. The molecule has 1 N–H and O–H groups in total. The largest absolute Gasteiger partial charge is 0.493 e. The summed E-state index contributed by atoms with van der Waals surface area (Å²) in [5.74, 6) is -0.134. The van der Waals surface area contributed by atoms with Gasteiger partial charge in [-0.3, -0.25) is 4.79 Å². The van der Waals surface area contributed by atoms with Gasteiger partial charge in [0.05, 0.1) is 13.0 Å². The minimum atomic E-state index is -0.804. The third-order valence-electron chi connectivity index (χ3n) is 2.28. The zero-order valence-electron chi connectivity index (χ0n) is 7.37. The molecule has 1 aliphatic heterocycles. The van der Waals surface area contributed by atoms with Gasteiger partial charge < -0.3 is 9.84 Å². The van der Waals surface area contributed by atoms with Gasteiger partial charge in [0.15, 0.2) is 0 Å². The molecule has 0 saturated carbocycles. The van der Waals surface area contributed by atoms with E-state index in [1.54, 1.807) is 12.1 Å². The Hall–Kier alpha value is -1.22. The van der Waals surface area contributed by atoms with Crippen LogP contribution in [0.4, 0.5) is 0 Å². The highest BCUT2D eigenvalue weighted by Crippen LogP contribution is 2.37. The molecule has 2 rings (SSSR count). The van der Waals surface area contributed by atoms with Crippen LogP contribution < -0.4 is 4.74 Å². The first-order valence-corrected chi connectivity index (χ1v) is 4.68. The van der Waals surface area contributed by atoms with Crippen LogP contribution in [-0.2, 0) is 4.79 Å². The summed E-state index contributed by atoms with van der Waals surface area (Å²) in [5.41, 5.74) is 0.941. The van der Waals surface area contributed by atoms with Crippen molar-refractivity contribution >= 4 is 17.6 Å². The molecular formula is C10H9ClO3. The highest BCUT2D eigenvalue weighted by Gasteiger charge is 2.26. The van der Waals surface area contributed by atoms with Crippen molar-refractivity contribution in [1.82, 2.24) is 0 Å². The van der Waals surface area contributed by atoms with Crippen LogP contribution in [0.5, 0.6) is 5.75 Å². The fourth-order valence-electron chi connectivity index (χ4n) is 1.63. The Morgan fingerprint density at radius 1 is 1.64 bits per heavy atom. The van der Waals surface area contributed by atoms with E-state index in [0.717, 1.165) is 5.56 Å². The summed E-state index contributed by atoms with van der Waals surface area (Å²) in [4.78, 5) is 10.6. The molecule has 1 aromatic rings. The second-order valence-electron chi connectivity index (χ2n) is 3.29. The lowest BCUT2D eigenvalue weighted by molar-refractivity contribution is -0.137. The number of hydrogen-bond acceptors (Lipinski definition) is 2. The van der Waals surface area contributed by atoms with Gasteiger partial charge in [-0.25, -0.2) is 0 Å². The van der Waals surface area contributed by atoms with Gasteiger partial charge >= 0.3 is 5.97 Å². The summed E-state index contributed by atoms with van der Waals surface area (Å²) in [6.45, 7) is 0.433. The molecular weight excluding hydrogens is 204 g/mol. The van der Waals surface area contributed by atoms with Crippen molar-refractivity contribution in [3.8, 4) is 5.75 Å². The van der Waals surface area contributed by atoms with Crippen LogP contribution in [0.1, 0.15) is 17.9 Å². The molecule has 3 nitrogen and oxygen atoms in total. The number of halogens is 1. The van der Waals surface area contributed by atoms with Crippen molar-refractivity contribution < 1.29 is 14.6 Å².